The number of hydrazone groups is 1. The lowest BCUT2D eigenvalue weighted by molar-refractivity contribution is -0.385. The third-order valence-corrected chi connectivity index (χ3v) is 7.14. The molecule has 0 atom stereocenters. The van der Waals surface area contributed by atoms with Gasteiger partial charge in [-0.25, -0.2) is 13.8 Å². The van der Waals surface area contributed by atoms with Crippen molar-refractivity contribution in [3.8, 4) is 17.2 Å². The van der Waals surface area contributed by atoms with E-state index in [1.807, 2.05) is 6.92 Å². The van der Waals surface area contributed by atoms with Gasteiger partial charge in [-0.3, -0.25) is 19.2 Å². The van der Waals surface area contributed by atoms with E-state index < -0.39 is 27.4 Å². The second-order valence-corrected chi connectivity index (χ2v) is 9.71. The first-order valence-corrected chi connectivity index (χ1v) is 12.5. The molecular weight excluding hydrogens is 516 g/mol. The van der Waals surface area contributed by atoms with Crippen molar-refractivity contribution in [3.63, 3.8) is 0 Å². The first kappa shape index (κ1) is 27.9. The quantitative estimate of drug-likeness (QED) is 0.220. The minimum absolute atomic E-state index is 0.0141. The number of ether oxygens (including phenoxy) is 3. The molecule has 0 aromatic heterocycles. The highest BCUT2D eigenvalue weighted by Gasteiger charge is 2.28. The molecule has 1 N–H and O–H groups in total. The van der Waals surface area contributed by atoms with E-state index in [-0.39, 0.29) is 27.8 Å². The molecule has 0 aliphatic heterocycles. The van der Waals surface area contributed by atoms with E-state index in [0.717, 1.165) is 9.87 Å². The van der Waals surface area contributed by atoms with Gasteiger partial charge in [-0.2, -0.15) is 5.10 Å². The Morgan fingerprint density at radius 2 is 1.61 bits per heavy atom. The molecule has 0 heterocycles. The smallest absolute Gasteiger partial charge is 0.311 e. The zero-order valence-electron chi connectivity index (χ0n) is 21.1. The van der Waals surface area contributed by atoms with E-state index in [9.17, 15) is 23.3 Å². The van der Waals surface area contributed by atoms with Gasteiger partial charge in [-0.1, -0.05) is 17.7 Å². The molecule has 0 saturated carbocycles. The van der Waals surface area contributed by atoms with Crippen molar-refractivity contribution in [2.24, 2.45) is 5.10 Å². The Bertz CT molecular complexity index is 1460. The van der Waals surface area contributed by atoms with E-state index in [2.05, 4.69) is 10.5 Å². The van der Waals surface area contributed by atoms with Crippen molar-refractivity contribution < 1.29 is 32.3 Å². The molecule has 0 aliphatic carbocycles. The number of nitrogens with zero attached hydrogens (tertiary/aromatic N) is 3. The molecule has 200 valence electrons. The number of rotatable bonds is 11. The molecule has 12 nitrogen and oxygen atoms in total. The number of anilines is 1. The van der Waals surface area contributed by atoms with Crippen molar-refractivity contribution in [2.45, 2.75) is 11.8 Å². The van der Waals surface area contributed by atoms with Crippen LogP contribution in [0.2, 0.25) is 0 Å². The molecule has 0 saturated heterocycles. The van der Waals surface area contributed by atoms with Crippen molar-refractivity contribution in [3.05, 3.63) is 81.9 Å². The fraction of sp³-hybridized carbons (Fsp3) is 0.200. The summed E-state index contributed by atoms with van der Waals surface area (Å²) in [6.07, 6.45) is 1.19. The summed E-state index contributed by atoms with van der Waals surface area (Å²) in [5.74, 6) is -0.0296. The van der Waals surface area contributed by atoms with Gasteiger partial charge < -0.3 is 14.2 Å². The number of aryl methyl sites for hydroxylation is 1. The monoisotopic (exact) mass is 542 g/mol. The first-order valence-electron chi connectivity index (χ1n) is 11.1. The number of nitro benzene ring substituents is 1. The number of hydrogen-bond acceptors (Lipinski definition) is 9. The summed E-state index contributed by atoms with van der Waals surface area (Å²) in [6.45, 7) is 1.21. The van der Waals surface area contributed by atoms with Crippen LogP contribution in [0.15, 0.2) is 70.7 Å². The molecule has 0 bridgehead atoms. The zero-order chi connectivity index (χ0) is 27.9. The zero-order valence-corrected chi connectivity index (χ0v) is 21.9. The number of carbonyl (C=O) groups excluding carboxylic acids is 1. The Hall–Kier alpha value is -4.65. The molecule has 0 unspecified atom stereocenters. The summed E-state index contributed by atoms with van der Waals surface area (Å²) < 4.78 is 43.5. The number of methoxy groups -OCH3 is 3. The number of nitrogens with one attached hydrogen (secondary N) is 1. The lowest BCUT2D eigenvalue weighted by Crippen LogP contribution is -2.39. The van der Waals surface area contributed by atoms with Gasteiger partial charge in [0.2, 0.25) is 0 Å². The van der Waals surface area contributed by atoms with Crippen molar-refractivity contribution in [2.75, 3.05) is 32.2 Å². The molecule has 0 spiro atoms. The molecule has 38 heavy (non-hydrogen) atoms. The Labute approximate surface area is 219 Å². The third kappa shape index (κ3) is 6.37. The Morgan fingerprint density at radius 1 is 0.974 bits per heavy atom. The van der Waals surface area contributed by atoms with Gasteiger partial charge in [-0.15, -0.1) is 0 Å². The summed E-state index contributed by atoms with van der Waals surface area (Å²) in [7, 11) is -0.0107. The summed E-state index contributed by atoms with van der Waals surface area (Å²) in [4.78, 5) is 23.4. The van der Waals surface area contributed by atoms with Gasteiger partial charge >= 0.3 is 5.69 Å². The average molecular weight is 543 g/mol. The highest BCUT2D eigenvalue weighted by molar-refractivity contribution is 7.92. The van der Waals surface area contributed by atoms with Gasteiger partial charge in [-0.05, 0) is 43.3 Å². The molecule has 0 fully saturated rings. The van der Waals surface area contributed by atoms with Gasteiger partial charge in [0.05, 0.1) is 43.1 Å². The van der Waals surface area contributed by atoms with Crippen LogP contribution in [0.4, 0.5) is 11.4 Å². The maximum Gasteiger partial charge on any atom is 0.311 e. The number of nitro groups is 1. The Balaban J connectivity index is 1.89. The van der Waals surface area contributed by atoms with Gasteiger partial charge in [0.1, 0.15) is 6.54 Å². The van der Waals surface area contributed by atoms with Crippen molar-refractivity contribution >= 4 is 33.5 Å². The van der Waals surface area contributed by atoms with E-state index in [4.69, 9.17) is 14.2 Å². The van der Waals surface area contributed by atoms with E-state index in [0.29, 0.717) is 11.3 Å². The van der Waals surface area contributed by atoms with Gasteiger partial charge in [0, 0.05) is 17.7 Å². The molecule has 3 aromatic rings. The van der Waals surface area contributed by atoms with Crippen LogP contribution in [0.5, 0.6) is 17.2 Å². The fourth-order valence-electron chi connectivity index (χ4n) is 3.41. The van der Waals surface area contributed by atoms with Crippen LogP contribution in [0, 0.1) is 17.0 Å². The van der Waals surface area contributed by atoms with Crippen LogP contribution in [0.3, 0.4) is 0 Å². The van der Waals surface area contributed by atoms with Crippen LogP contribution >= 0.6 is 0 Å². The van der Waals surface area contributed by atoms with Gasteiger partial charge in [0.25, 0.3) is 15.9 Å². The van der Waals surface area contributed by atoms with Crippen LogP contribution in [0.25, 0.3) is 0 Å². The van der Waals surface area contributed by atoms with Crippen LogP contribution < -0.4 is 23.9 Å². The van der Waals surface area contributed by atoms with E-state index in [1.165, 1.54) is 76.1 Å². The average Bonchev–Trinajstić information content (AvgIpc) is 2.91. The molecule has 0 aliphatic rings. The summed E-state index contributed by atoms with van der Waals surface area (Å²) in [5.41, 5.74) is 3.34. The standard InChI is InChI=1S/C25H26N4O8S/c1-17-5-9-20(10-6-17)38(33,34)28(19-8-12-23(36-3)24(14-19)37-4)16-25(30)27-26-15-18-7-11-22(35-2)21(13-18)29(31)32/h5-15H,16H2,1-4H3,(H,27,30)/b26-15+. The molecular formula is C25H26N4O8S. The number of benzene rings is 3. The molecule has 0 radical (unpaired) electrons. The third-order valence-electron chi connectivity index (χ3n) is 5.35. The van der Waals surface area contributed by atoms with Crippen molar-refractivity contribution in [1.82, 2.24) is 5.43 Å². The summed E-state index contributed by atoms with van der Waals surface area (Å²) in [5, 5.41) is 15.0. The number of hydrogen-bond donors (Lipinski definition) is 1. The van der Waals surface area contributed by atoms with Crippen molar-refractivity contribution in [1.29, 1.82) is 0 Å². The maximum absolute atomic E-state index is 13.6. The minimum Gasteiger partial charge on any atom is -0.493 e. The Morgan fingerprint density at radius 3 is 2.21 bits per heavy atom. The second-order valence-electron chi connectivity index (χ2n) is 7.85. The maximum atomic E-state index is 13.6. The molecule has 1 amide bonds. The van der Waals surface area contributed by atoms with Crippen LogP contribution in [-0.4, -0.2) is 53.3 Å². The predicted molar refractivity (Wildman–Crippen MR) is 141 cm³/mol. The molecule has 3 aromatic carbocycles. The fourth-order valence-corrected chi connectivity index (χ4v) is 4.82. The first-order chi connectivity index (χ1) is 18.1. The normalized spacial score (nSPS) is 11.2. The SMILES string of the molecule is COc1ccc(N(CC(=O)N/N=C/c2ccc(OC)c([N+](=O)[O-])c2)S(=O)(=O)c2ccc(C)cc2)cc1OC. The highest BCUT2D eigenvalue weighted by Crippen LogP contribution is 2.34. The van der Waals surface area contributed by atoms with E-state index >= 15 is 0 Å². The van der Waals surface area contributed by atoms with Gasteiger partial charge in [0.15, 0.2) is 17.2 Å². The van der Waals surface area contributed by atoms with Crippen LogP contribution in [-0.2, 0) is 14.8 Å². The highest BCUT2D eigenvalue weighted by atomic mass is 32.2. The number of sulfonamides is 1. The largest absolute Gasteiger partial charge is 0.493 e. The molecule has 13 heteroatoms. The minimum atomic E-state index is -4.18. The lowest BCUT2D eigenvalue weighted by atomic mass is 10.2. The van der Waals surface area contributed by atoms with Crippen LogP contribution in [0.1, 0.15) is 11.1 Å². The second kappa shape index (κ2) is 12.1. The Kier molecular flexibility index (Phi) is 8.86. The topological polar surface area (TPSA) is 150 Å². The number of carbonyl (C=O) groups is 1. The van der Waals surface area contributed by atoms with E-state index in [1.54, 1.807) is 12.1 Å². The summed E-state index contributed by atoms with van der Waals surface area (Å²) >= 11 is 0. The summed E-state index contributed by atoms with van der Waals surface area (Å²) in [6, 6.07) is 14.8. The lowest BCUT2D eigenvalue weighted by Gasteiger charge is -2.24. The predicted octanol–water partition coefficient (Wildman–Crippen LogP) is 3.27. The number of amides is 1. The molecule has 3 rings (SSSR count).